The second-order valence-corrected chi connectivity index (χ2v) is 9.37. The quantitative estimate of drug-likeness (QED) is 0.556. The number of hydrogen-bond acceptors (Lipinski definition) is 1. The van der Waals surface area contributed by atoms with Crippen molar-refractivity contribution in [2.45, 2.75) is 67.2 Å². The normalized spacial score (nSPS) is 44.6. The summed E-state index contributed by atoms with van der Waals surface area (Å²) < 4.78 is 0. The molecule has 0 aliphatic heterocycles. The van der Waals surface area contributed by atoms with E-state index in [0.29, 0.717) is 22.5 Å². The van der Waals surface area contributed by atoms with Gasteiger partial charge in [0.15, 0.2) is 0 Å². The van der Waals surface area contributed by atoms with Gasteiger partial charge in [0, 0.05) is 12.3 Å². The molecular formula is C20H32O. The molecule has 4 aliphatic rings. The first kappa shape index (κ1) is 15.3. The van der Waals surface area contributed by atoms with Crippen molar-refractivity contribution < 1.29 is 4.79 Å². The minimum atomic E-state index is 0.345. The third kappa shape index (κ3) is 2.51. The average Bonchev–Trinajstić information content (AvgIpc) is 3.13. The van der Waals surface area contributed by atoms with E-state index < -0.39 is 0 Å². The largest absolute Gasteiger partial charge is 0.299 e. The van der Waals surface area contributed by atoms with Crippen LogP contribution in [-0.4, -0.2) is 5.78 Å². The van der Waals surface area contributed by atoms with Crippen molar-refractivity contribution in [3.63, 3.8) is 0 Å². The molecule has 21 heavy (non-hydrogen) atoms. The van der Waals surface area contributed by atoms with Crippen LogP contribution in [0.5, 0.6) is 0 Å². The molecule has 0 heterocycles. The van der Waals surface area contributed by atoms with E-state index in [4.69, 9.17) is 0 Å². The van der Waals surface area contributed by atoms with Crippen LogP contribution in [0.1, 0.15) is 67.2 Å². The van der Waals surface area contributed by atoms with Crippen molar-refractivity contribution in [3.05, 3.63) is 11.6 Å². The summed E-state index contributed by atoms with van der Waals surface area (Å²) in [7, 11) is 0. The maximum absolute atomic E-state index is 11.3. The standard InChI is InChI=1S/C10H16O.C10H16/c1-6-4-7-8(5-9(6)11)10(7,2)3;1-7-4-5-8-9(6-7)10(8,2)3/h6-8H,4-5H2,1-3H3;4,8-9H,5-6H2,1-3H3. The molecule has 3 fully saturated rings. The molecule has 3 saturated carbocycles. The lowest BCUT2D eigenvalue weighted by Crippen LogP contribution is -2.17. The van der Waals surface area contributed by atoms with E-state index in [-0.39, 0.29) is 0 Å². The minimum absolute atomic E-state index is 0.345. The van der Waals surface area contributed by atoms with Gasteiger partial charge in [-0.2, -0.15) is 0 Å². The van der Waals surface area contributed by atoms with Crippen LogP contribution in [0.25, 0.3) is 0 Å². The molecule has 0 aromatic heterocycles. The highest BCUT2D eigenvalue weighted by Gasteiger charge is 2.60. The zero-order chi connectivity index (χ0) is 15.6. The number of rotatable bonds is 0. The number of carbonyl (C=O) groups excluding carboxylic acids is 1. The minimum Gasteiger partial charge on any atom is -0.299 e. The highest BCUT2D eigenvalue weighted by Crippen LogP contribution is 2.65. The summed E-state index contributed by atoms with van der Waals surface area (Å²) >= 11 is 0. The van der Waals surface area contributed by atoms with E-state index in [1.165, 1.54) is 12.8 Å². The Morgan fingerprint density at radius 2 is 1.52 bits per heavy atom. The van der Waals surface area contributed by atoms with E-state index in [9.17, 15) is 4.79 Å². The Labute approximate surface area is 130 Å². The van der Waals surface area contributed by atoms with Crippen molar-refractivity contribution in [2.24, 2.45) is 40.4 Å². The number of Topliss-reactive ketones (excluding diaryl/α,β-unsaturated/α-hetero) is 1. The summed E-state index contributed by atoms with van der Waals surface area (Å²) in [5, 5.41) is 0. The fraction of sp³-hybridized carbons (Fsp3) is 0.850. The first-order chi connectivity index (χ1) is 9.65. The maximum Gasteiger partial charge on any atom is 0.136 e. The van der Waals surface area contributed by atoms with Crippen LogP contribution in [-0.2, 0) is 4.79 Å². The molecule has 0 amide bonds. The number of allylic oxidation sites excluding steroid dienone is 2. The molecule has 0 aromatic carbocycles. The van der Waals surface area contributed by atoms with E-state index in [1.54, 1.807) is 5.57 Å². The van der Waals surface area contributed by atoms with E-state index in [1.807, 2.05) is 0 Å². The van der Waals surface area contributed by atoms with Gasteiger partial charge in [-0.1, -0.05) is 46.3 Å². The van der Waals surface area contributed by atoms with Crippen LogP contribution >= 0.6 is 0 Å². The molecule has 4 aliphatic carbocycles. The summed E-state index contributed by atoms with van der Waals surface area (Å²) in [5.74, 6) is 4.48. The Bertz CT molecular complexity index is 482. The summed E-state index contributed by atoms with van der Waals surface area (Å²) in [6.07, 6.45) is 7.16. The van der Waals surface area contributed by atoms with Gasteiger partial charge in [-0.3, -0.25) is 4.79 Å². The molecule has 5 atom stereocenters. The zero-order valence-corrected chi connectivity index (χ0v) is 14.7. The van der Waals surface area contributed by atoms with Crippen molar-refractivity contribution in [3.8, 4) is 0 Å². The van der Waals surface area contributed by atoms with E-state index in [2.05, 4.69) is 47.6 Å². The summed E-state index contributed by atoms with van der Waals surface area (Å²) in [5.41, 5.74) is 2.78. The van der Waals surface area contributed by atoms with Crippen LogP contribution in [0.15, 0.2) is 11.6 Å². The average molecular weight is 288 g/mol. The van der Waals surface area contributed by atoms with Gasteiger partial charge in [0.05, 0.1) is 0 Å². The van der Waals surface area contributed by atoms with Crippen LogP contribution in [0, 0.1) is 40.4 Å². The molecule has 5 unspecified atom stereocenters. The van der Waals surface area contributed by atoms with Gasteiger partial charge in [0.25, 0.3) is 0 Å². The molecule has 0 saturated heterocycles. The Hall–Kier alpha value is -0.590. The monoisotopic (exact) mass is 288 g/mol. The zero-order valence-electron chi connectivity index (χ0n) is 14.7. The highest BCUT2D eigenvalue weighted by atomic mass is 16.1. The van der Waals surface area contributed by atoms with Crippen molar-refractivity contribution >= 4 is 5.78 Å². The van der Waals surface area contributed by atoms with E-state index >= 15 is 0 Å². The van der Waals surface area contributed by atoms with Gasteiger partial charge in [-0.15, -0.1) is 0 Å². The Balaban J connectivity index is 0.000000126. The predicted octanol–water partition coefficient (Wildman–Crippen LogP) is 5.26. The second-order valence-electron chi connectivity index (χ2n) is 9.37. The van der Waals surface area contributed by atoms with Crippen molar-refractivity contribution in [1.82, 2.24) is 0 Å². The van der Waals surface area contributed by atoms with Crippen LogP contribution in [0.2, 0.25) is 0 Å². The molecule has 0 aromatic rings. The van der Waals surface area contributed by atoms with Gasteiger partial charge in [-0.25, -0.2) is 0 Å². The lowest BCUT2D eigenvalue weighted by molar-refractivity contribution is -0.124. The number of ketones is 1. The molecule has 1 heteroatoms. The molecule has 0 N–H and O–H groups in total. The topological polar surface area (TPSA) is 17.1 Å². The lowest BCUT2D eigenvalue weighted by atomic mass is 9.90. The molecular weight excluding hydrogens is 256 g/mol. The van der Waals surface area contributed by atoms with E-state index in [0.717, 1.165) is 36.5 Å². The van der Waals surface area contributed by atoms with Crippen LogP contribution < -0.4 is 0 Å². The fourth-order valence-electron chi connectivity index (χ4n) is 5.15. The smallest absolute Gasteiger partial charge is 0.136 e. The van der Waals surface area contributed by atoms with Gasteiger partial charge >= 0.3 is 0 Å². The molecule has 0 bridgehead atoms. The van der Waals surface area contributed by atoms with Crippen molar-refractivity contribution in [1.29, 1.82) is 0 Å². The summed E-state index contributed by atoms with van der Waals surface area (Å²) in [6, 6.07) is 0. The fourth-order valence-corrected chi connectivity index (χ4v) is 5.15. The third-order valence-corrected chi connectivity index (χ3v) is 7.42. The number of carbonyl (C=O) groups is 1. The third-order valence-electron chi connectivity index (χ3n) is 7.42. The SMILES string of the molecule is CC1=CCC2C(C1)C2(C)C.CC1CC2C(CC1=O)C2(C)C. The number of hydrogen-bond donors (Lipinski definition) is 0. The second kappa shape index (κ2) is 4.70. The molecule has 1 nitrogen and oxygen atoms in total. The lowest BCUT2D eigenvalue weighted by Gasteiger charge is -2.14. The van der Waals surface area contributed by atoms with Gasteiger partial charge in [0.2, 0.25) is 0 Å². The highest BCUT2D eigenvalue weighted by molar-refractivity contribution is 5.82. The first-order valence-corrected chi connectivity index (χ1v) is 8.84. The van der Waals surface area contributed by atoms with Crippen LogP contribution in [0.4, 0.5) is 0 Å². The first-order valence-electron chi connectivity index (χ1n) is 8.84. The van der Waals surface area contributed by atoms with Gasteiger partial charge < -0.3 is 0 Å². The maximum atomic E-state index is 11.3. The summed E-state index contributed by atoms with van der Waals surface area (Å²) in [6.45, 7) is 13.8. The van der Waals surface area contributed by atoms with Crippen molar-refractivity contribution in [2.75, 3.05) is 0 Å². The Kier molecular flexibility index (Phi) is 3.43. The molecule has 0 radical (unpaired) electrons. The Morgan fingerprint density at radius 1 is 0.952 bits per heavy atom. The summed E-state index contributed by atoms with van der Waals surface area (Å²) in [4.78, 5) is 11.3. The molecule has 0 spiro atoms. The predicted molar refractivity (Wildman–Crippen MR) is 87.9 cm³/mol. The Morgan fingerprint density at radius 3 is 2.05 bits per heavy atom. The number of fused-ring (bicyclic) bond motifs is 2. The molecule has 118 valence electrons. The van der Waals surface area contributed by atoms with Gasteiger partial charge in [0.1, 0.15) is 5.78 Å². The van der Waals surface area contributed by atoms with Gasteiger partial charge in [-0.05, 0) is 60.7 Å². The molecule has 4 rings (SSSR count). The van der Waals surface area contributed by atoms with Crippen LogP contribution in [0.3, 0.4) is 0 Å².